The Morgan fingerprint density at radius 2 is 1.94 bits per heavy atom. The molecular weight excluding hydrogens is 274 g/mol. The maximum Gasteiger partial charge on any atom is 0.349 e. The van der Waals surface area contributed by atoms with Crippen LogP contribution in [0, 0.1) is 0 Å². The fourth-order valence-corrected chi connectivity index (χ4v) is 2.28. The second-order valence-corrected chi connectivity index (χ2v) is 4.45. The van der Waals surface area contributed by atoms with E-state index in [9.17, 15) is 4.79 Å². The fourth-order valence-electron chi connectivity index (χ4n) is 1.75. The van der Waals surface area contributed by atoms with Gasteiger partial charge in [0.15, 0.2) is 0 Å². The minimum Gasteiger partial charge on any atom is -0.426 e. The van der Waals surface area contributed by atoms with Crippen molar-refractivity contribution < 1.29 is 14.3 Å². The van der Waals surface area contributed by atoms with Crippen LogP contribution in [0.15, 0.2) is 10.2 Å². The summed E-state index contributed by atoms with van der Waals surface area (Å²) in [5, 5.41) is 0. The summed E-state index contributed by atoms with van der Waals surface area (Å²) < 4.78 is 10.7. The smallest absolute Gasteiger partial charge is 0.349 e. The molecular formula is C11H18BrNO3. The number of halogens is 1. The number of rotatable bonds is 6. The van der Waals surface area contributed by atoms with Gasteiger partial charge in [0.2, 0.25) is 6.29 Å². The normalized spacial score (nSPS) is 20.2. The Morgan fingerprint density at radius 3 is 2.38 bits per heavy atom. The standard InChI is InChI=1S/C11H18BrNO3/c1-4-6-13(7-5-2)9-8(12)10(14)16-11(9)15-3/h11H,4-7H2,1-3H3. The van der Waals surface area contributed by atoms with Crippen LogP contribution in [0.2, 0.25) is 0 Å². The minimum absolute atomic E-state index is 0.348. The highest BCUT2D eigenvalue weighted by molar-refractivity contribution is 9.12. The molecule has 1 aliphatic rings. The zero-order valence-electron chi connectivity index (χ0n) is 9.96. The van der Waals surface area contributed by atoms with E-state index in [2.05, 4.69) is 34.7 Å². The van der Waals surface area contributed by atoms with Gasteiger partial charge >= 0.3 is 5.97 Å². The highest BCUT2D eigenvalue weighted by atomic mass is 79.9. The molecule has 0 bridgehead atoms. The van der Waals surface area contributed by atoms with Gasteiger partial charge in [0.25, 0.3) is 0 Å². The van der Waals surface area contributed by atoms with E-state index in [1.807, 2.05) is 0 Å². The van der Waals surface area contributed by atoms with Gasteiger partial charge in [-0.15, -0.1) is 0 Å². The molecule has 0 radical (unpaired) electrons. The second-order valence-electron chi connectivity index (χ2n) is 3.66. The predicted octanol–water partition coefficient (Wildman–Crippen LogP) is 2.24. The molecule has 0 saturated carbocycles. The minimum atomic E-state index is -0.569. The zero-order valence-corrected chi connectivity index (χ0v) is 11.5. The molecule has 1 aliphatic heterocycles. The van der Waals surface area contributed by atoms with Gasteiger partial charge in [0.1, 0.15) is 10.2 Å². The predicted molar refractivity (Wildman–Crippen MR) is 65.0 cm³/mol. The number of carbonyl (C=O) groups excluding carboxylic acids is 1. The first-order chi connectivity index (χ1) is 7.65. The van der Waals surface area contributed by atoms with Gasteiger partial charge in [-0.05, 0) is 28.8 Å². The first-order valence-electron chi connectivity index (χ1n) is 5.54. The lowest BCUT2D eigenvalue weighted by Crippen LogP contribution is -2.31. The van der Waals surface area contributed by atoms with Crippen LogP contribution in [0.4, 0.5) is 0 Å². The Hall–Kier alpha value is -0.550. The number of nitrogens with zero attached hydrogens (tertiary/aromatic N) is 1. The largest absolute Gasteiger partial charge is 0.426 e. The van der Waals surface area contributed by atoms with Gasteiger partial charge in [0.05, 0.1) is 0 Å². The monoisotopic (exact) mass is 291 g/mol. The number of esters is 1. The lowest BCUT2D eigenvalue weighted by atomic mass is 10.3. The molecule has 0 aromatic rings. The van der Waals surface area contributed by atoms with Crippen molar-refractivity contribution in [2.45, 2.75) is 33.0 Å². The molecule has 1 rings (SSSR count). The number of carbonyl (C=O) groups is 1. The molecule has 0 fully saturated rings. The van der Waals surface area contributed by atoms with Gasteiger partial charge in [-0.25, -0.2) is 4.79 Å². The maximum atomic E-state index is 11.4. The quantitative estimate of drug-likeness (QED) is 0.704. The Balaban J connectivity index is 2.90. The van der Waals surface area contributed by atoms with Crippen LogP contribution < -0.4 is 0 Å². The average Bonchev–Trinajstić information content (AvgIpc) is 2.55. The SMILES string of the molecule is CCCN(CCC)C1=C(Br)C(=O)OC1OC. The van der Waals surface area contributed by atoms with E-state index in [4.69, 9.17) is 9.47 Å². The van der Waals surface area contributed by atoms with Crippen LogP contribution in [0.1, 0.15) is 26.7 Å². The Bertz CT molecular complexity index is 285. The van der Waals surface area contributed by atoms with Crippen LogP contribution >= 0.6 is 15.9 Å². The molecule has 0 aromatic carbocycles. The Labute approximate surface area is 105 Å². The van der Waals surface area contributed by atoms with Crippen LogP contribution in [0.3, 0.4) is 0 Å². The molecule has 1 atom stereocenters. The Kier molecular flexibility index (Phi) is 5.28. The van der Waals surface area contributed by atoms with Crippen molar-refractivity contribution in [3.63, 3.8) is 0 Å². The van der Waals surface area contributed by atoms with Crippen LogP contribution in [0.25, 0.3) is 0 Å². The second kappa shape index (κ2) is 6.25. The van der Waals surface area contributed by atoms with Gasteiger partial charge < -0.3 is 14.4 Å². The molecule has 4 nitrogen and oxygen atoms in total. The third kappa shape index (κ3) is 2.77. The Morgan fingerprint density at radius 1 is 1.38 bits per heavy atom. The van der Waals surface area contributed by atoms with Crippen molar-refractivity contribution in [3.05, 3.63) is 10.2 Å². The molecule has 0 N–H and O–H groups in total. The summed E-state index contributed by atoms with van der Waals surface area (Å²) in [6, 6.07) is 0. The number of hydrogen-bond acceptors (Lipinski definition) is 4. The third-order valence-electron chi connectivity index (χ3n) is 2.38. The molecule has 16 heavy (non-hydrogen) atoms. The summed E-state index contributed by atoms with van der Waals surface area (Å²) in [6.07, 6.45) is 1.47. The number of hydrogen-bond donors (Lipinski definition) is 0. The molecule has 92 valence electrons. The summed E-state index contributed by atoms with van der Waals surface area (Å²) in [4.78, 5) is 13.6. The highest BCUT2D eigenvalue weighted by Crippen LogP contribution is 2.30. The molecule has 0 amide bonds. The number of ether oxygens (including phenoxy) is 2. The lowest BCUT2D eigenvalue weighted by molar-refractivity contribution is -0.157. The molecule has 0 aliphatic carbocycles. The van der Waals surface area contributed by atoms with E-state index in [0.29, 0.717) is 4.48 Å². The summed E-state index contributed by atoms with van der Waals surface area (Å²) in [6.45, 7) is 6.01. The van der Waals surface area contributed by atoms with E-state index in [1.54, 1.807) is 7.11 Å². The fraction of sp³-hybridized carbons (Fsp3) is 0.727. The third-order valence-corrected chi connectivity index (χ3v) is 3.11. The molecule has 0 spiro atoms. The van der Waals surface area contributed by atoms with Gasteiger partial charge in [-0.1, -0.05) is 13.8 Å². The molecule has 5 heteroatoms. The average molecular weight is 292 g/mol. The molecule has 1 heterocycles. The van der Waals surface area contributed by atoms with E-state index < -0.39 is 6.29 Å². The van der Waals surface area contributed by atoms with E-state index in [1.165, 1.54) is 0 Å². The summed E-state index contributed by atoms with van der Waals surface area (Å²) >= 11 is 3.28. The van der Waals surface area contributed by atoms with Crippen molar-refractivity contribution in [1.82, 2.24) is 4.90 Å². The van der Waals surface area contributed by atoms with Crippen molar-refractivity contribution >= 4 is 21.9 Å². The van der Waals surface area contributed by atoms with Crippen molar-refractivity contribution in [3.8, 4) is 0 Å². The number of cyclic esters (lactones) is 1. The first-order valence-corrected chi connectivity index (χ1v) is 6.33. The summed E-state index contributed by atoms with van der Waals surface area (Å²) in [5.74, 6) is -0.348. The van der Waals surface area contributed by atoms with Crippen LogP contribution in [-0.2, 0) is 14.3 Å². The van der Waals surface area contributed by atoms with Crippen LogP contribution in [-0.4, -0.2) is 37.4 Å². The number of methoxy groups -OCH3 is 1. The van der Waals surface area contributed by atoms with Crippen molar-refractivity contribution in [2.24, 2.45) is 0 Å². The highest BCUT2D eigenvalue weighted by Gasteiger charge is 2.35. The van der Waals surface area contributed by atoms with Crippen molar-refractivity contribution in [2.75, 3.05) is 20.2 Å². The summed E-state index contributed by atoms with van der Waals surface area (Å²) in [5.41, 5.74) is 0.816. The van der Waals surface area contributed by atoms with E-state index in [-0.39, 0.29) is 5.97 Å². The van der Waals surface area contributed by atoms with Gasteiger partial charge in [-0.2, -0.15) is 0 Å². The zero-order chi connectivity index (χ0) is 12.1. The molecule has 1 unspecified atom stereocenters. The lowest BCUT2D eigenvalue weighted by Gasteiger charge is -2.27. The summed E-state index contributed by atoms with van der Waals surface area (Å²) in [7, 11) is 1.54. The van der Waals surface area contributed by atoms with Gasteiger partial charge in [-0.3, -0.25) is 0 Å². The van der Waals surface area contributed by atoms with Crippen LogP contribution in [0.5, 0.6) is 0 Å². The van der Waals surface area contributed by atoms with E-state index >= 15 is 0 Å². The van der Waals surface area contributed by atoms with Crippen molar-refractivity contribution in [1.29, 1.82) is 0 Å². The first kappa shape index (κ1) is 13.5. The maximum absolute atomic E-state index is 11.4. The van der Waals surface area contributed by atoms with E-state index in [0.717, 1.165) is 31.6 Å². The van der Waals surface area contributed by atoms with Gasteiger partial charge in [0, 0.05) is 20.2 Å². The topological polar surface area (TPSA) is 38.8 Å². The molecule has 0 saturated heterocycles. The molecule has 0 aromatic heterocycles.